The topological polar surface area (TPSA) is 50.1 Å². The third-order valence-electron chi connectivity index (χ3n) is 2.47. The monoisotopic (exact) mass is 295 g/mol. The molecule has 0 aliphatic rings. The summed E-state index contributed by atoms with van der Waals surface area (Å²) in [4.78, 5) is 11.4. The molecule has 17 heavy (non-hydrogen) atoms. The molecule has 0 saturated heterocycles. The first-order valence-electron chi connectivity index (χ1n) is 5.36. The molecule has 0 N–H and O–H groups in total. The maximum atomic E-state index is 11.4. The Kier molecular flexibility index (Phi) is 5.17. The van der Waals surface area contributed by atoms with Crippen molar-refractivity contribution in [1.82, 2.24) is 0 Å². The first-order chi connectivity index (χ1) is 8.12. The fourth-order valence-corrected chi connectivity index (χ4v) is 2.17. The van der Waals surface area contributed by atoms with E-state index in [1.165, 1.54) is 0 Å². The first kappa shape index (κ1) is 13.7. The second-order valence-corrected chi connectivity index (χ2v) is 4.22. The molecule has 0 radical (unpaired) electrons. The number of alkyl halides is 1. The molecule has 0 saturated carbocycles. The number of carbonyl (C=O) groups excluding carboxylic acids is 1. The van der Waals surface area contributed by atoms with Crippen LogP contribution in [0.5, 0.6) is 0 Å². The van der Waals surface area contributed by atoms with Crippen molar-refractivity contribution in [2.24, 2.45) is 0 Å². The van der Waals surface area contributed by atoms with Gasteiger partial charge in [-0.3, -0.25) is 4.79 Å². The van der Waals surface area contributed by atoms with Crippen LogP contribution in [-0.2, 0) is 21.3 Å². The number of aryl methyl sites for hydroxylation is 1. The molecule has 1 aromatic carbocycles. The van der Waals surface area contributed by atoms with Crippen LogP contribution in [0.25, 0.3) is 0 Å². The van der Waals surface area contributed by atoms with Gasteiger partial charge >= 0.3 is 5.97 Å². The van der Waals surface area contributed by atoms with Gasteiger partial charge in [-0.1, -0.05) is 22.0 Å². The summed E-state index contributed by atoms with van der Waals surface area (Å²) in [5.41, 5.74) is 3.40. The zero-order valence-corrected chi connectivity index (χ0v) is 11.5. The van der Waals surface area contributed by atoms with Crippen molar-refractivity contribution in [3.63, 3.8) is 0 Å². The Morgan fingerprint density at radius 3 is 2.71 bits per heavy atom. The van der Waals surface area contributed by atoms with E-state index in [4.69, 9.17) is 10.00 Å². The molecule has 0 aromatic heterocycles. The van der Waals surface area contributed by atoms with Crippen molar-refractivity contribution in [1.29, 1.82) is 5.26 Å². The van der Waals surface area contributed by atoms with Gasteiger partial charge in [0.2, 0.25) is 0 Å². The van der Waals surface area contributed by atoms with Gasteiger partial charge in [0, 0.05) is 5.33 Å². The number of nitriles is 1. The molecule has 0 aliphatic heterocycles. The molecular formula is C13H14BrNO2. The zero-order valence-electron chi connectivity index (χ0n) is 9.92. The number of ether oxygens (including phenoxy) is 1. The van der Waals surface area contributed by atoms with Crippen LogP contribution < -0.4 is 0 Å². The smallest absolute Gasteiger partial charge is 0.310 e. The maximum absolute atomic E-state index is 11.4. The van der Waals surface area contributed by atoms with E-state index in [0.29, 0.717) is 17.5 Å². The quantitative estimate of drug-likeness (QED) is 0.634. The minimum atomic E-state index is -0.298. The summed E-state index contributed by atoms with van der Waals surface area (Å²) in [5, 5.41) is 9.74. The standard InChI is InChI=1S/C13H14BrNO2/c1-3-17-13(16)6-10-5-11(7-14)9(2)4-12(10)8-15/h4-5H,3,6-7H2,1-2H3. The molecule has 4 heteroatoms. The third-order valence-corrected chi connectivity index (χ3v) is 3.07. The molecular weight excluding hydrogens is 282 g/mol. The molecule has 0 atom stereocenters. The SMILES string of the molecule is CCOC(=O)Cc1cc(CBr)c(C)cc1C#N. The number of rotatable bonds is 4. The molecule has 90 valence electrons. The van der Waals surface area contributed by atoms with Crippen LogP contribution in [0.4, 0.5) is 0 Å². The molecule has 0 fully saturated rings. The van der Waals surface area contributed by atoms with Gasteiger partial charge in [-0.2, -0.15) is 5.26 Å². The Balaban J connectivity index is 3.05. The minimum Gasteiger partial charge on any atom is -0.466 e. The Bertz CT molecular complexity index is 463. The van der Waals surface area contributed by atoms with Crippen molar-refractivity contribution in [3.05, 3.63) is 34.4 Å². The summed E-state index contributed by atoms with van der Waals surface area (Å²) in [6.45, 7) is 4.08. The van der Waals surface area contributed by atoms with Crippen LogP contribution in [0, 0.1) is 18.3 Å². The first-order valence-corrected chi connectivity index (χ1v) is 6.48. The van der Waals surface area contributed by atoms with Gasteiger partial charge in [0.05, 0.1) is 24.7 Å². The maximum Gasteiger partial charge on any atom is 0.310 e. The van der Waals surface area contributed by atoms with Crippen LogP contribution in [0.2, 0.25) is 0 Å². The molecule has 0 unspecified atom stereocenters. The van der Waals surface area contributed by atoms with Crippen molar-refractivity contribution in [2.45, 2.75) is 25.6 Å². The van der Waals surface area contributed by atoms with E-state index in [0.717, 1.165) is 16.7 Å². The van der Waals surface area contributed by atoms with Crippen molar-refractivity contribution >= 4 is 21.9 Å². The van der Waals surface area contributed by atoms with Crippen LogP contribution in [0.3, 0.4) is 0 Å². The van der Waals surface area contributed by atoms with Gasteiger partial charge in [0.1, 0.15) is 0 Å². The van der Waals surface area contributed by atoms with E-state index in [-0.39, 0.29) is 12.4 Å². The molecule has 0 heterocycles. The van der Waals surface area contributed by atoms with Gasteiger partial charge in [0.15, 0.2) is 0 Å². The highest BCUT2D eigenvalue weighted by atomic mass is 79.9. The van der Waals surface area contributed by atoms with Gasteiger partial charge < -0.3 is 4.74 Å². The highest BCUT2D eigenvalue weighted by Crippen LogP contribution is 2.19. The predicted octanol–water partition coefficient (Wildman–Crippen LogP) is 2.87. The van der Waals surface area contributed by atoms with Crippen molar-refractivity contribution in [3.8, 4) is 6.07 Å². The number of halogens is 1. The van der Waals surface area contributed by atoms with Crippen LogP contribution in [-0.4, -0.2) is 12.6 Å². The lowest BCUT2D eigenvalue weighted by Crippen LogP contribution is -2.09. The van der Waals surface area contributed by atoms with Crippen molar-refractivity contribution in [2.75, 3.05) is 6.61 Å². The highest BCUT2D eigenvalue weighted by molar-refractivity contribution is 9.08. The van der Waals surface area contributed by atoms with E-state index in [1.807, 2.05) is 19.1 Å². The lowest BCUT2D eigenvalue weighted by Gasteiger charge is -2.09. The number of carbonyl (C=O) groups is 1. The fourth-order valence-electron chi connectivity index (χ4n) is 1.57. The summed E-state index contributed by atoms with van der Waals surface area (Å²) in [7, 11) is 0. The van der Waals surface area contributed by atoms with Gasteiger partial charge in [-0.15, -0.1) is 0 Å². The largest absolute Gasteiger partial charge is 0.466 e. The average Bonchev–Trinajstić information content (AvgIpc) is 2.31. The van der Waals surface area contributed by atoms with Gasteiger partial charge in [-0.05, 0) is 36.6 Å². The Labute approximate surface area is 110 Å². The Morgan fingerprint density at radius 1 is 1.47 bits per heavy atom. The van der Waals surface area contributed by atoms with Crippen LogP contribution >= 0.6 is 15.9 Å². The lowest BCUT2D eigenvalue weighted by atomic mass is 9.98. The average molecular weight is 296 g/mol. The second kappa shape index (κ2) is 6.41. The highest BCUT2D eigenvalue weighted by Gasteiger charge is 2.11. The van der Waals surface area contributed by atoms with E-state index in [2.05, 4.69) is 22.0 Å². The lowest BCUT2D eigenvalue weighted by molar-refractivity contribution is -0.142. The van der Waals surface area contributed by atoms with Crippen molar-refractivity contribution < 1.29 is 9.53 Å². The third kappa shape index (κ3) is 3.57. The summed E-state index contributed by atoms with van der Waals surface area (Å²) in [5.74, 6) is -0.298. The normalized spacial score (nSPS) is 9.76. The summed E-state index contributed by atoms with van der Waals surface area (Å²) in [6, 6.07) is 5.81. The molecule has 0 aliphatic carbocycles. The Hall–Kier alpha value is -1.34. The summed E-state index contributed by atoms with van der Waals surface area (Å²) < 4.78 is 4.89. The number of hydrogen-bond donors (Lipinski definition) is 0. The number of esters is 1. The molecule has 1 rings (SSSR count). The Morgan fingerprint density at radius 2 is 2.18 bits per heavy atom. The number of benzene rings is 1. The number of nitrogens with zero attached hydrogens (tertiary/aromatic N) is 1. The van der Waals surface area contributed by atoms with Crippen LogP contribution in [0.1, 0.15) is 29.2 Å². The van der Waals surface area contributed by atoms with Crippen LogP contribution in [0.15, 0.2) is 12.1 Å². The molecule has 1 aromatic rings. The molecule has 0 bridgehead atoms. The van der Waals surface area contributed by atoms with Gasteiger partial charge in [-0.25, -0.2) is 0 Å². The van der Waals surface area contributed by atoms with E-state index in [1.54, 1.807) is 6.92 Å². The zero-order chi connectivity index (χ0) is 12.8. The fraction of sp³-hybridized carbons (Fsp3) is 0.385. The van der Waals surface area contributed by atoms with E-state index >= 15 is 0 Å². The van der Waals surface area contributed by atoms with E-state index < -0.39 is 0 Å². The number of hydrogen-bond acceptors (Lipinski definition) is 3. The molecule has 3 nitrogen and oxygen atoms in total. The summed E-state index contributed by atoms with van der Waals surface area (Å²) >= 11 is 3.39. The molecule has 0 spiro atoms. The van der Waals surface area contributed by atoms with E-state index in [9.17, 15) is 4.79 Å². The second-order valence-electron chi connectivity index (χ2n) is 3.66. The minimum absolute atomic E-state index is 0.150. The summed E-state index contributed by atoms with van der Waals surface area (Å²) in [6.07, 6.45) is 0.150. The predicted molar refractivity (Wildman–Crippen MR) is 68.9 cm³/mol. The molecule has 0 amide bonds. The van der Waals surface area contributed by atoms with Gasteiger partial charge in [0.25, 0.3) is 0 Å².